The maximum Gasteiger partial charge on any atom is 0.407 e. The SMILES string of the molecule is CC(C)(C)OC(=O)NC/C(=C\F)COc1ccc(S(=O)(=O)CC23CC(C2)C(C(=O)NC2CCC2)C3)cc1. The topological polar surface area (TPSA) is 111 Å². The van der Waals surface area contributed by atoms with Crippen molar-refractivity contribution in [2.45, 2.75) is 75.8 Å². The van der Waals surface area contributed by atoms with Gasteiger partial charge in [-0.05, 0) is 94.9 Å². The molecule has 1 atom stereocenters. The van der Waals surface area contributed by atoms with Crippen LogP contribution in [0.25, 0.3) is 0 Å². The van der Waals surface area contributed by atoms with Crippen LogP contribution in [-0.2, 0) is 19.4 Å². The zero-order chi connectivity index (χ0) is 26.8. The molecule has 37 heavy (non-hydrogen) atoms. The van der Waals surface area contributed by atoms with Gasteiger partial charge in [0, 0.05) is 24.1 Å². The highest BCUT2D eigenvalue weighted by Crippen LogP contribution is 2.62. The van der Waals surface area contributed by atoms with Crippen molar-refractivity contribution in [3.05, 3.63) is 36.2 Å². The first-order chi connectivity index (χ1) is 17.4. The molecule has 8 nitrogen and oxygen atoms in total. The van der Waals surface area contributed by atoms with Crippen molar-refractivity contribution in [1.82, 2.24) is 10.6 Å². The van der Waals surface area contributed by atoms with Gasteiger partial charge in [-0.2, -0.15) is 0 Å². The van der Waals surface area contributed by atoms with Crippen LogP contribution in [-0.4, -0.2) is 51.0 Å². The summed E-state index contributed by atoms with van der Waals surface area (Å²) in [5.74, 6) is 0.722. The molecule has 0 saturated heterocycles. The zero-order valence-corrected chi connectivity index (χ0v) is 22.5. The standard InChI is InChI=1S/C27H37FN2O6S/c1-26(2,3)36-25(32)29-15-18(14-28)16-35-21-7-9-22(10-8-21)37(33,34)17-27-11-19(12-27)23(13-27)24(31)30-20-5-4-6-20/h7-10,14,19-20,23H,4-6,11-13,15-17H2,1-3H3,(H,29,32)(H,30,31)/b18-14+. The molecule has 0 spiro atoms. The summed E-state index contributed by atoms with van der Waals surface area (Å²) in [7, 11) is -3.54. The first-order valence-electron chi connectivity index (χ1n) is 12.9. The number of hydrogen-bond donors (Lipinski definition) is 2. The smallest absolute Gasteiger partial charge is 0.407 e. The first-order valence-corrected chi connectivity index (χ1v) is 14.5. The Bertz CT molecular complexity index is 1130. The quantitative estimate of drug-likeness (QED) is 0.461. The van der Waals surface area contributed by atoms with Crippen LogP contribution in [0.5, 0.6) is 5.75 Å². The van der Waals surface area contributed by atoms with Crippen molar-refractivity contribution in [3.8, 4) is 5.75 Å². The van der Waals surface area contributed by atoms with Gasteiger partial charge >= 0.3 is 6.09 Å². The van der Waals surface area contributed by atoms with Gasteiger partial charge in [-0.25, -0.2) is 17.6 Å². The minimum absolute atomic E-state index is 0.0367. The monoisotopic (exact) mass is 536 g/mol. The number of ether oxygens (including phenoxy) is 2. The Morgan fingerprint density at radius 2 is 1.81 bits per heavy atom. The highest BCUT2D eigenvalue weighted by atomic mass is 32.2. The van der Waals surface area contributed by atoms with Gasteiger partial charge in [0.1, 0.15) is 18.0 Å². The van der Waals surface area contributed by atoms with Crippen molar-refractivity contribution in [2.24, 2.45) is 17.3 Å². The lowest BCUT2D eigenvalue weighted by Gasteiger charge is -2.38. The lowest BCUT2D eigenvalue weighted by atomic mass is 9.71. The number of carbonyl (C=O) groups is 2. The molecule has 4 fully saturated rings. The molecule has 204 valence electrons. The van der Waals surface area contributed by atoms with E-state index in [1.54, 1.807) is 20.8 Å². The van der Waals surface area contributed by atoms with Crippen molar-refractivity contribution >= 4 is 21.8 Å². The number of amides is 2. The van der Waals surface area contributed by atoms with E-state index in [0.717, 1.165) is 32.1 Å². The second-order valence-corrected chi connectivity index (χ2v) is 13.7. The van der Waals surface area contributed by atoms with E-state index >= 15 is 0 Å². The van der Waals surface area contributed by atoms with Crippen LogP contribution in [0.1, 0.15) is 59.3 Å². The molecular weight excluding hydrogens is 499 g/mol. The van der Waals surface area contributed by atoms with E-state index in [2.05, 4.69) is 10.6 Å². The second-order valence-electron chi connectivity index (χ2n) is 11.8. The van der Waals surface area contributed by atoms with Crippen LogP contribution in [0.2, 0.25) is 0 Å². The van der Waals surface area contributed by atoms with Crippen LogP contribution in [0.4, 0.5) is 9.18 Å². The summed E-state index contributed by atoms with van der Waals surface area (Å²) >= 11 is 0. The molecule has 0 radical (unpaired) electrons. The van der Waals surface area contributed by atoms with Gasteiger partial charge in [-0.15, -0.1) is 0 Å². The Hall–Kier alpha value is -2.62. The van der Waals surface area contributed by atoms with Gasteiger partial charge in [0.05, 0.1) is 17.0 Å². The zero-order valence-electron chi connectivity index (χ0n) is 21.7. The van der Waals surface area contributed by atoms with Crippen LogP contribution in [0, 0.1) is 17.3 Å². The maximum absolute atomic E-state index is 13.2. The Morgan fingerprint density at radius 1 is 1.14 bits per heavy atom. The first kappa shape index (κ1) is 27.4. The van der Waals surface area contributed by atoms with E-state index in [0.29, 0.717) is 24.5 Å². The minimum Gasteiger partial charge on any atom is -0.489 e. The van der Waals surface area contributed by atoms with E-state index < -0.39 is 21.5 Å². The summed E-state index contributed by atoms with van der Waals surface area (Å²) in [6.45, 7) is 4.99. The third-order valence-corrected chi connectivity index (χ3v) is 9.50. The fourth-order valence-electron chi connectivity index (χ4n) is 5.51. The fourth-order valence-corrected chi connectivity index (χ4v) is 7.39. The predicted octanol–water partition coefficient (Wildman–Crippen LogP) is 4.30. The molecule has 0 aromatic heterocycles. The Kier molecular flexibility index (Phi) is 7.88. The summed E-state index contributed by atoms with van der Waals surface area (Å²) in [6, 6.07) is 6.35. The van der Waals surface area contributed by atoms with Crippen LogP contribution >= 0.6 is 0 Å². The highest BCUT2D eigenvalue weighted by Gasteiger charge is 2.59. The van der Waals surface area contributed by atoms with E-state index in [9.17, 15) is 22.4 Å². The summed E-state index contributed by atoms with van der Waals surface area (Å²) in [4.78, 5) is 24.6. The van der Waals surface area contributed by atoms with Crippen molar-refractivity contribution < 1.29 is 31.9 Å². The summed E-state index contributed by atoms with van der Waals surface area (Å²) in [5.41, 5.74) is -0.785. The molecule has 2 N–H and O–H groups in total. The number of rotatable bonds is 10. The lowest BCUT2D eigenvalue weighted by molar-refractivity contribution is -0.127. The number of fused-ring (bicyclic) bond motifs is 1. The molecule has 4 aliphatic rings. The molecule has 2 bridgehead atoms. The van der Waals surface area contributed by atoms with Crippen molar-refractivity contribution in [1.29, 1.82) is 0 Å². The number of hydrogen-bond acceptors (Lipinski definition) is 6. The molecule has 0 aliphatic heterocycles. The summed E-state index contributed by atoms with van der Waals surface area (Å²) in [5, 5.41) is 5.59. The molecule has 4 aliphatic carbocycles. The second kappa shape index (κ2) is 10.6. The number of sulfone groups is 1. The molecule has 4 saturated carbocycles. The summed E-state index contributed by atoms with van der Waals surface area (Å²) in [6.07, 6.45) is 5.13. The maximum atomic E-state index is 13.2. The van der Waals surface area contributed by atoms with Gasteiger partial charge in [0.25, 0.3) is 0 Å². The average Bonchev–Trinajstić information content (AvgIpc) is 3.30. The highest BCUT2D eigenvalue weighted by molar-refractivity contribution is 7.91. The van der Waals surface area contributed by atoms with Gasteiger partial charge in [-0.1, -0.05) is 0 Å². The fraction of sp³-hybridized carbons (Fsp3) is 0.630. The molecule has 5 rings (SSSR count). The number of alkyl carbamates (subject to hydrolysis) is 1. The molecule has 0 heterocycles. The van der Waals surface area contributed by atoms with E-state index in [1.807, 2.05) is 0 Å². The predicted molar refractivity (Wildman–Crippen MR) is 136 cm³/mol. The van der Waals surface area contributed by atoms with Crippen LogP contribution in [0.3, 0.4) is 0 Å². The van der Waals surface area contributed by atoms with Gasteiger partial charge < -0.3 is 20.1 Å². The molecule has 10 heteroatoms. The van der Waals surface area contributed by atoms with Gasteiger partial charge in [-0.3, -0.25) is 4.79 Å². The van der Waals surface area contributed by atoms with E-state index in [4.69, 9.17) is 9.47 Å². The molecule has 2 amide bonds. The number of benzene rings is 1. The molecular formula is C27H37FN2O6S. The van der Waals surface area contributed by atoms with E-state index in [-0.39, 0.29) is 52.5 Å². The number of nitrogens with one attached hydrogen (secondary N) is 2. The normalized spacial score (nSPS) is 25.6. The minimum atomic E-state index is -3.54. The molecule has 1 unspecified atom stereocenters. The third kappa shape index (κ3) is 6.83. The molecule has 1 aromatic carbocycles. The Labute approximate surface area is 218 Å². The van der Waals surface area contributed by atoms with Crippen molar-refractivity contribution in [2.75, 3.05) is 18.9 Å². The van der Waals surface area contributed by atoms with Crippen molar-refractivity contribution in [3.63, 3.8) is 0 Å². The number of carbonyl (C=O) groups excluding carboxylic acids is 2. The van der Waals surface area contributed by atoms with E-state index in [1.165, 1.54) is 24.3 Å². The Morgan fingerprint density at radius 3 is 2.38 bits per heavy atom. The lowest BCUT2D eigenvalue weighted by Crippen LogP contribution is -2.43. The average molecular weight is 537 g/mol. The molecule has 1 aromatic rings. The Balaban J connectivity index is 1.26. The third-order valence-electron chi connectivity index (χ3n) is 7.52. The largest absolute Gasteiger partial charge is 0.489 e. The van der Waals surface area contributed by atoms with Crippen LogP contribution in [0.15, 0.2) is 41.1 Å². The van der Waals surface area contributed by atoms with Gasteiger partial charge in [0.2, 0.25) is 5.91 Å². The van der Waals surface area contributed by atoms with Crippen LogP contribution < -0.4 is 15.4 Å². The number of halogens is 1. The summed E-state index contributed by atoms with van der Waals surface area (Å²) < 4.78 is 50.2. The van der Waals surface area contributed by atoms with Gasteiger partial charge in [0.15, 0.2) is 9.84 Å².